The van der Waals surface area contributed by atoms with Gasteiger partial charge in [-0.3, -0.25) is 0 Å². The third-order valence-corrected chi connectivity index (χ3v) is 10.8. The Morgan fingerprint density at radius 2 is 1.81 bits per heavy atom. The first-order valence-electron chi connectivity index (χ1n) is 13.4. The summed E-state index contributed by atoms with van der Waals surface area (Å²) in [5.41, 5.74) is 2.42. The van der Waals surface area contributed by atoms with Gasteiger partial charge in [0, 0.05) is 6.61 Å². The standard InChI is InChI=1S/C28H46O3/c1-18(8-6-7-17-29)20-11-12-21-19-9-10-23-25-24(30-26(2,3)31-25)14-16-28(23,5)22(19)13-15-27(20,21)4/h10,18-22,24-25,29H,6-9,11-17H2,1-5H3/t18-,19+,20-,21+,22+,24+,25-,27-,28-/m1/s1. The second kappa shape index (κ2) is 7.84. The normalized spacial score (nSPS) is 48.9. The summed E-state index contributed by atoms with van der Waals surface area (Å²) >= 11 is 0. The molecule has 3 saturated carbocycles. The lowest BCUT2D eigenvalue weighted by Gasteiger charge is -2.59. The van der Waals surface area contributed by atoms with Gasteiger partial charge in [0.05, 0.1) is 6.10 Å². The Hall–Kier alpha value is -0.380. The summed E-state index contributed by atoms with van der Waals surface area (Å²) in [6, 6.07) is 0. The number of unbranched alkanes of at least 4 members (excludes halogenated alkanes) is 1. The van der Waals surface area contributed by atoms with Crippen LogP contribution in [0, 0.1) is 40.4 Å². The van der Waals surface area contributed by atoms with Crippen molar-refractivity contribution < 1.29 is 14.6 Å². The maximum atomic E-state index is 9.19. The Morgan fingerprint density at radius 3 is 2.58 bits per heavy atom. The quantitative estimate of drug-likeness (QED) is 0.400. The summed E-state index contributed by atoms with van der Waals surface area (Å²) in [5.74, 6) is 3.80. The molecule has 1 saturated heterocycles. The highest BCUT2D eigenvalue weighted by atomic mass is 16.8. The van der Waals surface area contributed by atoms with E-state index in [4.69, 9.17) is 9.47 Å². The average molecular weight is 431 g/mol. The Balaban J connectivity index is 1.36. The fraction of sp³-hybridized carbons (Fsp3) is 0.929. The SMILES string of the molecule is C[C@H](CCCCO)[C@H]1CC[C@H]2[C@@H]3CC=C4[C@H]5OC(C)(C)O[C@H]5CC[C@]4(C)[C@H]3CC[C@]12C. The van der Waals surface area contributed by atoms with E-state index < -0.39 is 5.79 Å². The average Bonchev–Trinajstić information content (AvgIpc) is 3.23. The number of fused-ring (bicyclic) bond motifs is 7. The van der Waals surface area contributed by atoms with Gasteiger partial charge in [-0.15, -0.1) is 0 Å². The Morgan fingerprint density at radius 1 is 1.00 bits per heavy atom. The van der Waals surface area contributed by atoms with Gasteiger partial charge in [0.2, 0.25) is 0 Å². The van der Waals surface area contributed by atoms with Crippen LogP contribution >= 0.6 is 0 Å². The van der Waals surface area contributed by atoms with Gasteiger partial charge in [-0.1, -0.05) is 39.7 Å². The Labute approximate surface area is 190 Å². The molecule has 1 N–H and O–H groups in total. The lowest BCUT2D eigenvalue weighted by atomic mass is 9.46. The van der Waals surface area contributed by atoms with E-state index in [1.807, 2.05) is 0 Å². The minimum atomic E-state index is -0.436. The van der Waals surface area contributed by atoms with Gasteiger partial charge in [0.1, 0.15) is 6.10 Å². The summed E-state index contributed by atoms with van der Waals surface area (Å²) in [6.07, 6.45) is 15.9. The van der Waals surface area contributed by atoms with Gasteiger partial charge < -0.3 is 14.6 Å². The number of hydrogen-bond acceptors (Lipinski definition) is 3. The van der Waals surface area contributed by atoms with Crippen LogP contribution in [0.15, 0.2) is 11.6 Å². The van der Waals surface area contributed by atoms with Gasteiger partial charge in [0.25, 0.3) is 0 Å². The number of aliphatic hydroxyl groups is 1. The molecule has 0 radical (unpaired) electrons. The molecular formula is C28H46O3. The number of rotatable bonds is 5. The van der Waals surface area contributed by atoms with Crippen LogP contribution in [0.1, 0.15) is 98.8 Å². The van der Waals surface area contributed by atoms with Crippen LogP contribution in [-0.2, 0) is 9.47 Å². The molecule has 9 atom stereocenters. The van der Waals surface area contributed by atoms with Crippen molar-refractivity contribution in [3.63, 3.8) is 0 Å². The molecule has 0 aromatic carbocycles. The smallest absolute Gasteiger partial charge is 0.164 e. The molecule has 1 aliphatic heterocycles. The molecule has 3 nitrogen and oxygen atoms in total. The highest BCUT2D eigenvalue weighted by Gasteiger charge is 2.61. The third-order valence-electron chi connectivity index (χ3n) is 10.8. The molecule has 3 heteroatoms. The molecule has 0 spiro atoms. The lowest BCUT2D eigenvalue weighted by Crippen LogP contribution is -2.53. The fourth-order valence-electron chi connectivity index (χ4n) is 9.39. The molecule has 31 heavy (non-hydrogen) atoms. The Bertz CT molecular complexity index is 713. The predicted octanol–water partition coefficient (Wildman–Crippen LogP) is 6.49. The van der Waals surface area contributed by atoms with E-state index in [0.717, 1.165) is 42.4 Å². The second-order valence-electron chi connectivity index (χ2n) is 12.7. The largest absolute Gasteiger partial charge is 0.396 e. The maximum Gasteiger partial charge on any atom is 0.164 e. The lowest BCUT2D eigenvalue weighted by molar-refractivity contribution is -0.143. The van der Waals surface area contributed by atoms with E-state index in [9.17, 15) is 5.11 Å². The van der Waals surface area contributed by atoms with Crippen molar-refractivity contribution in [3.05, 3.63) is 11.6 Å². The van der Waals surface area contributed by atoms with Gasteiger partial charge in [-0.05, 0) is 111 Å². The van der Waals surface area contributed by atoms with Crippen LogP contribution in [0.4, 0.5) is 0 Å². The van der Waals surface area contributed by atoms with Gasteiger partial charge in [-0.25, -0.2) is 0 Å². The van der Waals surface area contributed by atoms with Crippen LogP contribution in [-0.4, -0.2) is 29.7 Å². The van der Waals surface area contributed by atoms with Gasteiger partial charge in [-0.2, -0.15) is 0 Å². The molecule has 0 unspecified atom stereocenters. The summed E-state index contributed by atoms with van der Waals surface area (Å²) < 4.78 is 12.7. The highest BCUT2D eigenvalue weighted by molar-refractivity contribution is 5.30. The summed E-state index contributed by atoms with van der Waals surface area (Å²) in [6.45, 7) is 12.3. The first-order chi connectivity index (χ1) is 14.7. The minimum Gasteiger partial charge on any atom is -0.396 e. The molecule has 4 aliphatic carbocycles. The minimum absolute atomic E-state index is 0.186. The van der Waals surface area contributed by atoms with Crippen LogP contribution < -0.4 is 0 Å². The first kappa shape index (κ1) is 22.4. The van der Waals surface area contributed by atoms with Crippen LogP contribution in [0.2, 0.25) is 0 Å². The van der Waals surface area contributed by atoms with E-state index in [2.05, 4.69) is 40.7 Å². The van der Waals surface area contributed by atoms with Crippen molar-refractivity contribution in [1.82, 2.24) is 0 Å². The van der Waals surface area contributed by atoms with Crippen LogP contribution in [0.3, 0.4) is 0 Å². The topological polar surface area (TPSA) is 38.7 Å². The third kappa shape index (κ3) is 3.48. The number of hydrogen-bond donors (Lipinski definition) is 1. The van der Waals surface area contributed by atoms with Gasteiger partial charge >= 0.3 is 0 Å². The molecule has 1 heterocycles. The number of aliphatic hydroxyl groups excluding tert-OH is 1. The van der Waals surface area contributed by atoms with Crippen molar-refractivity contribution in [2.75, 3.05) is 6.61 Å². The summed E-state index contributed by atoms with van der Waals surface area (Å²) in [4.78, 5) is 0. The molecule has 0 amide bonds. The monoisotopic (exact) mass is 430 g/mol. The predicted molar refractivity (Wildman–Crippen MR) is 125 cm³/mol. The van der Waals surface area contributed by atoms with E-state index in [0.29, 0.717) is 17.4 Å². The van der Waals surface area contributed by atoms with Crippen molar-refractivity contribution in [2.45, 2.75) is 117 Å². The van der Waals surface area contributed by atoms with E-state index in [1.54, 1.807) is 5.57 Å². The van der Waals surface area contributed by atoms with Crippen LogP contribution in [0.5, 0.6) is 0 Å². The van der Waals surface area contributed by atoms with Gasteiger partial charge in [0.15, 0.2) is 5.79 Å². The van der Waals surface area contributed by atoms with E-state index in [1.165, 1.54) is 51.4 Å². The number of allylic oxidation sites excluding steroid dienone is 1. The molecule has 0 aromatic heterocycles. The molecule has 0 aromatic rings. The Kier molecular flexibility index (Phi) is 5.67. The van der Waals surface area contributed by atoms with E-state index in [-0.39, 0.29) is 12.2 Å². The summed E-state index contributed by atoms with van der Waals surface area (Å²) in [5, 5.41) is 9.19. The number of ether oxygens (including phenoxy) is 2. The van der Waals surface area contributed by atoms with Crippen molar-refractivity contribution in [1.29, 1.82) is 0 Å². The van der Waals surface area contributed by atoms with Crippen molar-refractivity contribution >= 4 is 0 Å². The molecule has 0 bridgehead atoms. The summed E-state index contributed by atoms with van der Waals surface area (Å²) in [7, 11) is 0. The molecule has 176 valence electrons. The maximum absolute atomic E-state index is 9.19. The molecule has 5 aliphatic rings. The zero-order valence-corrected chi connectivity index (χ0v) is 20.7. The molecule has 4 fully saturated rings. The zero-order valence-electron chi connectivity index (χ0n) is 20.7. The van der Waals surface area contributed by atoms with Crippen LogP contribution in [0.25, 0.3) is 0 Å². The van der Waals surface area contributed by atoms with E-state index >= 15 is 0 Å². The first-order valence-corrected chi connectivity index (χ1v) is 13.4. The van der Waals surface area contributed by atoms with Crippen molar-refractivity contribution in [2.24, 2.45) is 40.4 Å². The zero-order chi connectivity index (χ0) is 22.0. The second-order valence-corrected chi connectivity index (χ2v) is 12.7. The van der Waals surface area contributed by atoms with Crippen molar-refractivity contribution in [3.8, 4) is 0 Å². The fourth-order valence-corrected chi connectivity index (χ4v) is 9.39. The molecule has 5 rings (SSSR count). The highest BCUT2D eigenvalue weighted by Crippen LogP contribution is 2.68. The molecular weight excluding hydrogens is 384 g/mol.